The van der Waals surface area contributed by atoms with E-state index in [0.717, 1.165) is 6.42 Å². The average Bonchev–Trinajstić information content (AvgIpc) is 2.48. The smallest absolute Gasteiger partial charge is 0.336 e. The average molecular weight is 306 g/mol. The van der Waals surface area contributed by atoms with Crippen molar-refractivity contribution >= 4 is 22.6 Å². The normalized spacial score (nSPS) is 31.7. The van der Waals surface area contributed by atoms with E-state index in [-0.39, 0.29) is 3.92 Å². The fraction of sp³-hybridized carbons (Fsp3) is 0.400. The Morgan fingerprint density at radius 2 is 2.14 bits per heavy atom. The van der Waals surface area contributed by atoms with E-state index in [1.807, 2.05) is 18.2 Å². The Balaban J connectivity index is 2.10. The first kappa shape index (κ1) is 10.2. The molecule has 14 heavy (non-hydrogen) atoms. The minimum absolute atomic E-state index is 0.0275. The lowest BCUT2D eigenvalue weighted by atomic mass is 10.3. The maximum absolute atomic E-state index is 9.96. The largest absolute Gasteiger partial charge is 0.438 e. The molecule has 1 aliphatic rings. The van der Waals surface area contributed by atoms with Crippen LogP contribution in [0.3, 0.4) is 0 Å². The van der Waals surface area contributed by atoms with Crippen LogP contribution in [-0.4, -0.2) is 21.6 Å². The fourth-order valence-corrected chi connectivity index (χ4v) is 1.89. The standard InChI is InChI=1S/C10H11IO3/c11-9-6-7-13-10(9,12)14-8-4-2-1-3-5-8/h1-5,9,12H,6-7H2. The molecule has 0 radical (unpaired) electrons. The Hall–Kier alpha value is -0.330. The molecular weight excluding hydrogens is 295 g/mol. The lowest BCUT2D eigenvalue weighted by molar-refractivity contribution is -0.289. The molecule has 0 aromatic heterocycles. The molecule has 1 aliphatic heterocycles. The van der Waals surface area contributed by atoms with Gasteiger partial charge < -0.3 is 14.6 Å². The number of halogens is 1. The van der Waals surface area contributed by atoms with Crippen LogP contribution in [0.4, 0.5) is 0 Å². The third kappa shape index (κ3) is 2.02. The first-order valence-electron chi connectivity index (χ1n) is 4.45. The molecule has 1 saturated heterocycles. The third-order valence-corrected chi connectivity index (χ3v) is 3.49. The third-order valence-electron chi connectivity index (χ3n) is 2.08. The Morgan fingerprint density at radius 1 is 1.43 bits per heavy atom. The molecule has 0 spiro atoms. The Labute approximate surface area is 96.2 Å². The molecule has 1 fully saturated rings. The van der Waals surface area contributed by atoms with Crippen LogP contribution in [-0.2, 0) is 4.74 Å². The maximum atomic E-state index is 9.96. The molecule has 1 aromatic carbocycles. The Morgan fingerprint density at radius 3 is 2.71 bits per heavy atom. The van der Waals surface area contributed by atoms with Crippen molar-refractivity contribution in [2.75, 3.05) is 6.61 Å². The van der Waals surface area contributed by atoms with Gasteiger partial charge in [-0.25, -0.2) is 0 Å². The van der Waals surface area contributed by atoms with Crippen molar-refractivity contribution in [2.24, 2.45) is 0 Å². The molecule has 0 amide bonds. The van der Waals surface area contributed by atoms with Gasteiger partial charge in [0.2, 0.25) is 0 Å². The summed E-state index contributed by atoms with van der Waals surface area (Å²) in [7, 11) is 0. The van der Waals surface area contributed by atoms with Gasteiger partial charge in [0.25, 0.3) is 0 Å². The lowest BCUT2D eigenvalue weighted by Crippen LogP contribution is -2.42. The summed E-state index contributed by atoms with van der Waals surface area (Å²) in [5, 5.41) is 9.96. The molecule has 0 aliphatic carbocycles. The van der Waals surface area contributed by atoms with E-state index in [1.54, 1.807) is 12.1 Å². The van der Waals surface area contributed by atoms with Gasteiger partial charge in [0.1, 0.15) is 9.67 Å². The van der Waals surface area contributed by atoms with Crippen LogP contribution in [0.5, 0.6) is 5.75 Å². The van der Waals surface area contributed by atoms with Crippen molar-refractivity contribution in [3.63, 3.8) is 0 Å². The van der Waals surface area contributed by atoms with Gasteiger partial charge in [-0.15, -0.1) is 0 Å². The molecule has 4 heteroatoms. The lowest BCUT2D eigenvalue weighted by Gasteiger charge is -2.25. The van der Waals surface area contributed by atoms with E-state index in [0.29, 0.717) is 12.4 Å². The summed E-state index contributed by atoms with van der Waals surface area (Å²) in [5.74, 6) is -0.833. The molecular formula is C10H11IO3. The molecule has 2 rings (SSSR count). The highest BCUT2D eigenvalue weighted by atomic mass is 127. The van der Waals surface area contributed by atoms with E-state index in [2.05, 4.69) is 22.6 Å². The van der Waals surface area contributed by atoms with Gasteiger partial charge in [-0.2, -0.15) is 0 Å². The molecule has 1 N–H and O–H groups in total. The van der Waals surface area contributed by atoms with Gasteiger partial charge in [0.15, 0.2) is 0 Å². The van der Waals surface area contributed by atoms with Crippen molar-refractivity contribution in [1.29, 1.82) is 0 Å². The van der Waals surface area contributed by atoms with Crippen LogP contribution in [0.25, 0.3) is 0 Å². The maximum Gasteiger partial charge on any atom is 0.336 e. The van der Waals surface area contributed by atoms with Crippen LogP contribution in [0.15, 0.2) is 30.3 Å². The van der Waals surface area contributed by atoms with Gasteiger partial charge in [-0.3, -0.25) is 0 Å². The Kier molecular flexibility index (Phi) is 2.94. The van der Waals surface area contributed by atoms with E-state index < -0.39 is 5.97 Å². The SMILES string of the molecule is OC1(Oc2ccccc2)OCCC1I. The molecule has 0 saturated carbocycles. The highest BCUT2D eigenvalue weighted by Crippen LogP contribution is 2.32. The van der Waals surface area contributed by atoms with Gasteiger partial charge in [0.05, 0.1) is 6.61 Å². The molecule has 76 valence electrons. The van der Waals surface area contributed by atoms with Crippen LogP contribution in [0.1, 0.15) is 6.42 Å². The fourth-order valence-electron chi connectivity index (χ4n) is 1.33. The molecule has 2 atom stereocenters. The minimum Gasteiger partial charge on any atom is -0.438 e. The Bertz CT molecular complexity index is 303. The number of ether oxygens (including phenoxy) is 2. The van der Waals surface area contributed by atoms with Crippen molar-refractivity contribution < 1.29 is 14.6 Å². The molecule has 3 nitrogen and oxygen atoms in total. The number of rotatable bonds is 2. The zero-order chi connectivity index (χ0) is 10.0. The van der Waals surface area contributed by atoms with Crippen LogP contribution < -0.4 is 4.74 Å². The molecule has 2 unspecified atom stereocenters. The highest BCUT2D eigenvalue weighted by molar-refractivity contribution is 14.1. The van der Waals surface area contributed by atoms with Gasteiger partial charge in [0, 0.05) is 0 Å². The summed E-state index contributed by atoms with van der Waals surface area (Å²) in [6, 6.07) is 9.20. The minimum atomic E-state index is -1.46. The second-order valence-electron chi connectivity index (χ2n) is 3.15. The van der Waals surface area contributed by atoms with Crippen molar-refractivity contribution in [3.05, 3.63) is 30.3 Å². The van der Waals surface area contributed by atoms with E-state index in [4.69, 9.17) is 9.47 Å². The van der Waals surface area contributed by atoms with E-state index in [9.17, 15) is 5.11 Å². The van der Waals surface area contributed by atoms with E-state index in [1.165, 1.54) is 0 Å². The van der Waals surface area contributed by atoms with Gasteiger partial charge in [-0.1, -0.05) is 40.8 Å². The number of hydrogen-bond donors (Lipinski definition) is 1. The second kappa shape index (κ2) is 4.04. The summed E-state index contributed by atoms with van der Waals surface area (Å²) in [5.41, 5.74) is 0. The first-order valence-corrected chi connectivity index (χ1v) is 5.70. The topological polar surface area (TPSA) is 38.7 Å². The summed E-state index contributed by atoms with van der Waals surface area (Å²) >= 11 is 2.14. The number of alkyl halides is 1. The zero-order valence-electron chi connectivity index (χ0n) is 7.52. The van der Waals surface area contributed by atoms with Crippen molar-refractivity contribution in [3.8, 4) is 5.75 Å². The number of para-hydroxylation sites is 1. The number of benzene rings is 1. The van der Waals surface area contributed by atoms with Crippen molar-refractivity contribution in [2.45, 2.75) is 16.3 Å². The number of hydrogen-bond acceptors (Lipinski definition) is 3. The second-order valence-corrected chi connectivity index (χ2v) is 4.65. The predicted octanol–water partition coefficient (Wildman–Crippen LogP) is 1.94. The summed E-state index contributed by atoms with van der Waals surface area (Å²) in [6.07, 6.45) is 0.809. The summed E-state index contributed by atoms with van der Waals surface area (Å²) in [6.45, 7) is 0.539. The number of aliphatic hydroxyl groups is 1. The first-order chi connectivity index (χ1) is 6.71. The van der Waals surface area contributed by atoms with Crippen LogP contribution in [0.2, 0.25) is 0 Å². The van der Waals surface area contributed by atoms with Crippen LogP contribution >= 0.6 is 22.6 Å². The molecule has 0 bridgehead atoms. The molecule has 1 heterocycles. The van der Waals surface area contributed by atoms with Crippen molar-refractivity contribution in [1.82, 2.24) is 0 Å². The highest BCUT2D eigenvalue weighted by Gasteiger charge is 2.44. The van der Waals surface area contributed by atoms with Crippen LogP contribution in [0, 0.1) is 0 Å². The van der Waals surface area contributed by atoms with Gasteiger partial charge >= 0.3 is 5.97 Å². The van der Waals surface area contributed by atoms with Gasteiger partial charge in [-0.05, 0) is 18.6 Å². The van der Waals surface area contributed by atoms with E-state index >= 15 is 0 Å². The quantitative estimate of drug-likeness (QED) is 0.515. The zero-order valence-corrected chi connectivity index (χ0v) is 9.68. The monoisotopic (exact) mass is 306 g/mol. The summed E-state index contributed by atoms with van der Waals surface area (Å²) < 4.78 is 10.6. The summed E-state index contributed by atoms with van der Waals surface area (Å²) in [4.78, 5) is 0. The predicted molar refractivity (Wildman–Crippen MR) is 60.4 cm³/mol. The molecule has 1 aromatic rings.